The molecule has 23 heavy (non-hydrogen) atoms. The van der Waals surface area contributed by atoms with Crippen molar-refractivity contribution in [1.82, 2.24) is 0 Å². The number of fused-ring (bicyclic) bond motifs is 1. The predicted octanol–water partition coefficient (Wildman–Crippen LogP) is 4.33. The highest BCUT2D eigenvalue weighted by Gasteiger charge is 2.45. The van der Waals surface area contributed by atoms with Crippen LogP contribution in [0.3, 0.4) is 0 Å². The molecule has 2 unspecified atom stereocenters. The molecule has 0 saturated carbocycles. The Morgan fingerprint density at radius 2 is 2.13 bits per heavy atom. The molecule has 0 aliphatic carbocycles. The van der Waals surface area contributed by atoms with E-state index in [1.54, 1.807) is 6.08 Å². The third kappa shape index (κ3) is 4.06. The van der Waals surface area contributed by atoms with Crippen molar-refractivity contribution in [3.8, 4) is 5.75 Å². The van der Waals surface area contributed by atoms with Crippen LogP contribution in [0.1, 0.15) is 46.3 Å². The highest BCUT2D eigenvalue weighted by atomic mass is 16.6. The van der Waals surface area contributed by atoms with Crippen LogP contribution in [0, 0.1) is 0 Å². The molecule has 0 fully saturated rings. The maximum Gasteiger partial charge on any atom is 0.132 e. The maximum absolute atomic E-state index is 6.23. The van der Waals surface area contributed by atoms with Gasteiger partial charge in [0.2, 0.25) is 0 Å². The number of rotatable bonds is 7. The first-order chi connectivity index (χ1) is 10.9. The molecule has 1 aromatic rings. The maximum atomic E-state index is 6.23. The van der Waals surface area contributed by atoms with Crippen molar-refractivity contribution in [3.63, 3.8) is 0 Å². The number of nitrogens with one attached hydrogen (secondary N) is 1. The molecule has 2 atom stereocenters. The van der Waals surface area contributed by atoms with E-state index in [2.05, 4.69) is 24.9 Å². The molecule has 0 bridgehead atoms. The topological polar surface area (TPSA) is 39.7 Å². The van der Waals surface area contributed by atoms with Crippen LogP contribution >= 0.6 is 0 Å². The molecule has 1 N–H and O–H groups in total. The fourth-order valence-corrected chi connectivity index (χ4v) is 2.94. The number of hydrogen-bond donors (Lipinski definition) is 1. The summed E-state index contributed by atoms with van der Waals surface area (Å²) in [5.41, 5.74) is 1.62. The second-order valence-electron chi connectivity index (χ2n) is 6.64. The molecule has 1 aliphatic heterocycles. The molecule has 1 aromatic carbocycles. The van der Waals surface area contributed by atoms with E-state index >= 15 is 0 Å². The number of ether oxygens (including phenoxy) is 3. The summed E-state index contributed by atoms with van der Waals surface area (Å²) < 4.78 is 18.5. The van der Waals surface area contributed by atoms with Crippen molar-refractivity contribution in [3.05, 3.63) is 36.4 Å². The van der Waals surface area contributed by atoms with Crippen LogP contribution in [-0.2, 0) is 9.47 Å². The molecular weight excluding hydrogens is 290 g/mol. The normalized spacial score (nSPS) is 22.3. The molecule has 0 spiro atoms. The third-order valence-electron chi connectivity index (χ3n) is 3.84. The largest absolute Gasteiger partial charge is 0.485 e. The van der Waals surface area contributed by atoms with Gasteiger partial charge in [0.1, 0.15) is 23.6 Å². The number of hydrogen-bond acceptors (Lipinski definition) is 4. The van der Waals surface area contributed by atoms with E-state index in [9.17, 15) is 0 Å². The first-order valence-corrected chi connectivity index (χ1v) is 8.33. The average molecular weight is 319 g/mol. The van der Waals surface area contributed by atoms with E-state index in [0.717, 1.165) is 23.5 Å². The van der Waals surface area contributed by atoms with Crippen molar-refractivity contribution in [2.45, 2.75) is 58.5 Å². The van der Waals surface area contributed by atoms with Gasteiger partial charge in [0.05, 0.1) is 12.7 Å². The van der Waals surface area contributed by atoms with Crippen LogP contribution in [-0.4, -0.2) is 31.0 Å². The SMILES string of the molecule is C=CCOC1C(OC(C)C)c2cc(NCC)ccc2OC1(C)C. The highest BCUT2D eigenvalue weighted by Crippen LogP contribution is 2.44. The van der Waals surface area contributed by atoms with E-state index in [1.165, 1.54) is 0 Å². The van der Waals surface area contributed by atoms with Crippen molar-refractivity contribution in [2.75, 3.05) is 18.5 Å². The summed E-state index contributed by atoms with van der Waals surface area (Å²) >= 11 is 0. The number of benzene rings is 1. The lowest BCUT2D eigenvalue weighted by atomic mass is 9.87. The van der Waals surface area contributed by atoms with Crippen LogP contribution in [0.5, 0.6) is 5.75 Å². The van der Waals surface area contributed by atoms with Gasteiger partial charge in [-0.2, -0.15) is 0 Å². The smallest absolute Gasteiger partial charge is 0.132 e. The average Bonchev–Trinajstić information content (AvgIpc) is 2.46. The predicted molar refractivity (Wildman–Crippen MR) is 94.2 cm³/mol. The Bertz CT molecular complexity index is 539. The zero-order valence-electron chi connectivity index (χ0n) is 14.9. The first kappa shape index (κ1) is 17.8. The molecule has 0 saturated heterocycles. The lowest BCUT2D eigenvalue weighted by molar-refractivity contribution is -0.168. The molecule has 1 aliphatic rings. The van der Waals surface area contributed by atoms with Crippen LogP contribution in [0.15, 0.2) is 30.9 Å². The molecule has 0 radical (unpaired) electrons. The lowest BCUT2D eigenvalue weighted by Crippen LogP contribution is -2.51. The fraction of sp³-hybridized carbons (Fsp3) is 0.579. The van der Waals surface area contributed by atoms with E-state index in [1.807, 2.05) is 39.8 Å². The zero-order chi connectivity index (χ0) is 17.0. The molecule has 4 heteroatoms. The van der Waals surface area contributed by atoms with Gasteiger partial charge in [-0.3, -0.25) is 0 Å². The van der Waals surface area contributed by atoms with Crippen molar-refractivity contribution < 1.29 is 14.2 Å². The zero-order valence-corrected chi connectivity index (χ0v) is 14.9. The summed E-state index contributed by atoms with van der Waals surface area (Å²) in [4.78, 5) is 0. The molecule has 0 aromatic heterocycles. The summed E-state index contributed by atoms with van der Waals surface area (Å²) in [6.45, 7) is 15.3. The summed E-state index contributed by atoms with van der Waals surface area (Å²) in [6, 6.07) is 6.15. The van der Waals surface area contributed by atoms with Crippen LogP contribution < -0.4 is 10.1 Å². The van der Waals surface area contributed by atoms with Gasteiger partial charge < -0.3 is 19.5 Å². The fourth-order valence-electron chi connectivity index (χ4n) is 2.94. The minimum absolute atomic E-state index is 0.0966. The first-order valence-electron chi connectivity index (χ1n) is 8.33. The summed E-state index contributed by atoms with van der Waals surface area (Å²) in [5.74, 6) is 0.862. The van der Waals surface area contributed by atoms with Crippen LogP contribution in [0.4, 0.5) is 5.69 Å². The molecule has 2 rings (SSSR count). The standard InChI is InChI=1S/C19H29NO3/c1-7-11-21-18-17(22-13(3)4)15-12-14(20-8-2)9-10-16(15)23-19(18,5)6/h7,9-10,12-13,17-18,20H,1,8,11H2,2-6H3. The van der Waals surface area contributed by atoms with Gasteiger partial charge >= 0.3 is 0 Å². The summed E-state index contributed by atoms with van der Waals surface area (Å²) in [5, 5.41) is 3.34. The minimum atomic E-state index is -0.477. The van der Waals surface area contributed by atoms with Gasteiger partial charge in [0.25, 0.3) is 0 Å². The van der Waals surface area contributed by atoms with Gasteiger partial charge in [0, 0.05) is 17.8 Å². The van der Waals surface area contributed by atoms with E-state index in [-0.39, 0.29) is 18.3 Å². The van der Waals surface area contributed by atoms with Crippen molar-refractivity contribution in [2.24, 2.45) is 0 Å². The van der Waals surface area contributed by atoms with Crippen molar-refractivity contribution >= 4 is 5.69 Å². The van der Waals surface area contributed by atoms with Gasteiger partial charge in [-0.15, -0.1) is 6.58 Å². The van der Waals surface area contributed by atoms with E-state index < -0.39 is 5.60 Å². The molecule has 128 valence electrons. The second-order valence-corrected chi connectivity index (χ2v) is 6.64. The van der Waals surface area contributed by atoms with Gasteiger partial charge in [-0.05, 0) is 52.8 Å². The summed E-state index contributed by atoms with van der Waals surface area (Å²) in [7, 11) is 0. The Morgan fingerprint density at radius 3 is 2.74 bits per heavy atom. The Balaban J connectivity index is 2.43. The van der Waals surface area contributed by atoms with Gasteiger partial charge in [0.15, 0.2) is 0 Å². The number of anilines is 1. The Morgan fingerprint density at radius 1 is 1.39 bits per heavy atom. The Labute approximate surface area is 139 Å². The van der Waals surface area contributed by atoms with Crippen LogP contribution in [0.2, 0.25) is 0 Å². The van der Waals surface area contributed by atoms with E-state index in [0.29, 0.717) is 6.61 Å². The van der Waals surface area contributed by atoms with Gasteiger partial charge in [-0.25, -0.2) is 0 Å². The van der Waals surface area contributed by atoms with Crippen molar-refractivity contribution in [1.29, 1.82) is 0 Å². The third-order valence-corrected chi connectivity index (χ3v) is 3.84. The van der Waals surface area contributed by atoms with Crippen LogP contribution in [0.25, 0.3) is 0 Å². The quantitative estimate of drug-likeness (QED) is 0.760. The lowest BCUT2D eigenvalue weighted by Gasteiger charge is -2.44. The minimum Gasteiger partial charge on any atom is -0.485 e. The van der Waals surface area contributed by atoms with Gasteiger partial charge in [-0.1, -0.05) is 6.08 Å². The van der Waals surface area contributed by atoms with E-state index in [4.69, 9.17) is 14.2 Å². The Kier molecular flexibility index (Phi) is 5.71. The monoisotopic (exact) mass is 319 g/mol. The Hall–Kier alpha value is -1.52. The summed E-state index contributed by atoms with van der Waals surface area (Å²) in [6.07, 6.45) is 1.48. The molecule has 0 amide bonds. The highest BCUT2D eigenvalue weighted by molar-refractivity contribution is 5.53. The second kappa shape index (κ2) is 7.37. The molecule has 4 nitrogen and oxygen atoms in total. The molecular formula is C19H29NO3. The molecule has 1 heterocycles.